The van der Waals surface area contributed by atoms with Crippen LogP contribution in [0.1, 0.15) is 56.9 Å². The topological polar surface area (TPSA) is 41.5 Å². The second-order valence-corrected chi connectivity index (χ2v) is 6.15. The Morgan fingerprint density at radius 2 is 2.15 bits per heavy atom. The molecule has 0 saturated heterocycles. The molecule has 0 aliphatic heterocycles. The highest BCUT2D eigenvalue weighted by atomic mass is 32.1. The zero-order valence-corrected chi connectivity index (χ0v) is 13.6. The van der Waals surface area contributed by atoms with Crippen molar-refractivity contribution in [3.8, 4) is 0 Å². The molecule has 0 aliphatic carbocycles. The van der Waals surface area contributed by atoms with Gasteiger partial charge in [0.1, 0.15) is 0 Å². The van der Waals surface area contributed by atoms with Gasteiger partial charge in [0.15, 0.2) is 0 Å². The Balaban J connectivity index is 2.08. The lowest BCUT2D eigenvalue weighted by Gasteiger charge is -2.18. The minimum atomic E-state index is -0.421. The number of ether oxygens (including phenoxy) is 1. The Bertz CT molecular complexity index is 316. The van der Waals surface area contributed by atoms with Crippen molar-refractivity contribution in [2.24, 2.45) is 0 Å². The number of unbranched alkanes of at least 4 members (excludes halogenated alkanes) is 3. The molecule has 2 atom stereocenters. The molecule has 0 aromatic carbocycles. The number of aliphatic hydroxyl groups is 1. The van der Waals surface area contributed by atoms with E-state index in [1.807, 2.05) is 0 Å². The summed E-state index contributed by atoms with van der Waals surface area (Å²) in [6, 6.07) is 4.55. The van der Waals surface area contributed by atoms with E-state index in [0.29, 0.717) is 19.2 Å². The fourth-order valence-electron chi connectivity index (χ4n) is 2.12. The molecule has 1 aromatic heterocycles. The summed E-state index contributed by atoms with van der Waals surface area (Å²) in [6.07, 6.45) is 5.45. The predicted octanol–water partition coefficient (Wildman–Crippen LogP) is 3.75. The first-order chi connectivity index (χ1) is 9.77. The van der Waals surface area contributed by atoms with Crippen LogP contribution in [-0.4, -0.2) is 31.0 Å². The Morgan fingerprint density at radius 1 is 1.30 bits per heavy atom. The Labute approximate surface area is 127 Å². The van der Waals surface area contributed by atoms with Crippen molar-refractivity contribution >= 4 is 11.3 Å². The molecular weight excluding hydrogens is 270 g/mol. The molecule has 1 aromatic rings. The zero-order valence-electron chi connectivity index (χ0n) is 12.8. The van der Waals surface area contributed by atoms with E-state index in [9.17, 15) is 5.11 Å². The molecule has 2 unspecified atom stereocenters. The fraction of sp³-hybridized carbons (Fsp3) is 0.750. The van der Waals surface area contributed by atoms with Gasteiger partial charge in [0, 0.05) is 24.1 Å². The molecule has 0 amide bonds. The second-order valence-electron chi connectivity index (χ2n) is 5.17. The van der Waals surface area contributed by atoms with E-state index in [2.05, 4.69) is 36.7 Å². The van der Waals surface area contributed by atoms with Crippen LogP contribution in [-0.2, 0) is 4.74 Å². The molecule has 116 valence electrons. The summed E-state index contributed by atoms with van der Waals surface area (Å²) >= 11 is 1.76. The highest BCUT2D eigenvalue weighted by molar-refractivity contribution is 7.10. The van der Waals surface area contributed by atoms with Crippen LogP contribution in [0.2, 0.25) is 0 Å². The summed E-state index contributed by atoms with van der Waals surface area (Å²) in [4.78, 5) is 1.33. The van der Waals surface area contributed by atoms with Gasteiger partial charge < -0.3 is 15.2 Å². The van der Waals surface area contributed by atoms with E-state index in [1.54, 1.807) is 11.3 Å². The second kappa shape index (κ2) is 11.3. The van der Waals surface area contributed by atoms with Gasteiger partial charge in [-0.25, -0.2) is 0 Å². The average Bonchev–Trinajstić information content (AvgIpc) is 2.97. The maximum atomic E-state index is 9.91. The van der Waals surface area contributed by atoms with Gasteiger partial charge >= 0.3 is 0 Å². The third kappa shape index (κ3) is 7.39. The van der Waals surface area contributed by atoms with Crippen molar-refractivity contribution < 1.29 is 9.84 Å². The molecule has 4 heteroatoms. The third-order valence-electron chi connectivity index (χ3n) is 3.35. The van der Waals surface area contributed by atoms with E-state index >= 15 is 0 Å². The van der Waals surface area contributed by atoms with Gasteiger partial charge in [0.05, 0.1) is 12.7 Å². The van der Waals surface area contributed by atoms with Crippen molar-refractivity contribution in [1.82, 2.24) is 5.32 Å². The maximum Gasteiger partial charge on any atom is 0.0897 e. The van der Waals surface area contributed by atoms with Crippen LogP contribution in [0, 0.1) is 0 Å². The molecule has 0 radical (unpaired) electrons. The fourth-order valence-corrected chi connectivity index (χ4v) is 3.01. The van der Waals surface area contributed by atoms with Crippen molar-refractivity contribution in [3.63, 3.8) is 0 Å². The molecule has 0 spiro atoms. The quantitative estimate of drug-likeness (QED) is 0.578. The van der Waals surface area contributed by atoms with Crippen molar-refractivity contribution in [2.45, 2.75) is 58.1 Å². The number of rotatable bonds is 12. The van der Waals surface area contributed by atoms with Gasteiger partial charge in [-0.15, -0.1) is 11.3 Å². The predicted molar refractivity (Wildman–Crippen MR) is 86.3 cm³/mol. The SMILES string of the molecule is CCCCCCOCC(O)CNC(CC)c1cccs1. The first-order valence-corrected chi connectivity index (χ1v) is 8.68. The van der Waals surface area contributed by atoms with Crippen LogP contribution in [0.25, 0.3) is 0 Å². The lowest BCUT2D eigenvalue weighted by molar-refractivity contribution is 0.0341. The summed E-state index contributed by atoms with van der Waals surface area (Å²) < 4.78 is 5.51. The summed E-state index contributed by atoms with van der Waals surface area (Å²) in [7, 11) is 0. The molecule has 0 aliphatic rings. The molecule has 2 N–H and O–H groups in total. The first kappa shape index (κ1) is 17.6. The minimum absolute atomic E-state index is 0.342. The van der Waals surface area contributed by atoms with Crippen molar-refractivity contribution in [1.29, 1.82) is 0 Å². The molecule has 0 saturated carbocycles. The summed E-state index contributed by atoms with van der Waals surface area (Å²) in [5, 5.41) is 15.4. The van der Waals surface area contributed by atoms with Gasteiger partial charge in [-0.1, -0.05) is 39.2 Å². The lowest BCUT2D eigenvalue weighted by atomic mass is 10.2. The lowest BCUT2D eigenvalue weighted by Crippen LogP contribution is -2.32. The Kier molecular flexibility index (Phi) is 9.93. The Hall–Kier alpha value is -0.420. The minimum Gasteiger partial charge on any atom is -0.389 e. The Morgan fingerprint density at radius 3 is 2.80 bits per heavy atom. The largest absolute Gasteiger partial charge is 0.389 e. The first-order valence-electron chi connectivity index (χ1n) is 7.80. The number of aliphatic hydroxyl groups excluding tert-OH is 1. The number of hydrogen-bond acceptors (Lipinski definition) is 4. The van der Waals surface area contributed by atoms with Gasteiger partial charge in [0.2, 0.25) is 0 Å². The smallest absolute Gasteiger partial charge is 0.0897 e. The third-order valence-corrected chi connectivity index (χ3v) is 4.33. The molecule has 1 heterocycles. The molecule has 3 nitrogen and oxygen atoms in total. The summed E-state index contributed by atoms with van der Waals surface area (Å²) in [6.45, 7) is 6.15. The highest BCUT2D eigenvalue weighted by Gasteiger charge is 2.12. The van der Waals surface area contributed by atoms with Crippen molar-refractivity contribution in [2.75, 3.05) is 19.8 Å². The molecular formula is C16H29NO2S. The monoisotopic (exact) mass is 299 g/mol. The van der Waals surface area contributed by atoms with Crippen LogP contribution in [0.15, 0.2) is 17.5 Å². The zero-order chi connectivity index (χ0) is 14.6. The number of hydrogen-bond donors (Lipinski definition) is 2. The molecule has 0 bridgehead atoms. The maximum absolute atomic E-state index is 9.91. The van der Waals surface area contributed by atoms with Crippen LogP contribution < -0.4 is 5.32 Å². The normalized spacial score (nSPS) is 14.3. The summed E-state index contributed by atoms with van der Waals surface area (Å²) in [5.41, 5.74) is 0. The van der Waals surface area contributed by atoms with E-state index < -0.39 is 6.10 Å². The molecule has 20 heavy (non-hydrogen) atoms. The van der Waals surface area contributed by atoms with Gasteiger partial charge in [-0.3, -0.25) is 0 Å². The van der Waals surface area contributed by atoms with E-state index in [1.165, 1.54) is 24.1 Å². The van der Waals surface area contributed by atoms with E-state index in [4.69, 9.17) is 4.74 Å². The van der Waals surface area contributed by atoms with Crippen LogP contribution in [0.4, 0.5) is 0 Å². The molecule has 1 rings (SSSR count). The van der Waals surface area contributed by atoms with E-state index in [0.717, 1.165) is 19.4 Å². The number of thiophene rings is 1. The van der Waals surface area contributed by atoms with Gasteiger partial charge in [0.25, 0.3) is 0 Å². The van der Waals surface area contributed by atoms with Crippen LogP contribution >= 0.6 is 11.3 Å². The summed E-state index contributed by atoms with van der Waals surface area (Å²) in [5.74, 6) is 0. The average molecular weight is 299 g/mol. The van der Waals surface area contributed by atoms with Gasteiger partial charge in [-0.2, -0.15) is 0 Å². The van der Waals surface area contributed by atoms with Gasteiger partial charge in [-0.05, 0) is 24.3 Å². The van der Waals surface area contributed by atoms with E-state index in [-0.39, 0.29) is 0 Å². The van der Waals surface area contributed by atoms with Crippen LogP contribution in [0.3, 0.4) is 0 Å². The molecule has 0 fully saturated rings. The number of nitrogens with one attached hydrogen (secondary N) is 1. The standard InChI is InChI=1S/C16H29NO2S/c1-3-5-6-7-10-19-13-14(18)12-17-15(4-2)16-9-8-11-20-16/h8-9,11,14-15,17-18H,3-7,10,12-13H2,1-2H3. The van der Waals surface area contributed by atoms with Crippen LogP contribution in [0.5, 0.6) is 0 Å². The highest BCUT2D eigenvalue weighted by Crippen LogP contribution is 2.21. The van der Waals surface area contributed by atoms with Crippen molar-refractivity contribution in [3.05, 3.63) is 22.4 Å².